The monoisotopic (exact) mass is 300 g/mol. The molecule has 0 bridgehead atoms. The molecule has 0 radical (unpaired) electrons. The molecule has 2 aromatic carbocycles. The lowest BCUT2D eigenvalue weighted by Crippen LogP contribution is -2.02. The predicted octanol–water partition coefficient (Wildman–Crippen LogP) is 4.08. The second-order valence-corrected chi connectivity index (χ2v) is 5.07. The van der Waals surface area contributed by atoms with Crippen molar-refractivity contribution in [2.75, 3.05) is 7.11 Å². The Balaban J connectivity index is 2.55. The molecule has 0 spiro atoms. The fourth-order valence-electron chi connectivity index (χ4n) is 2.22. The van der Waals surface area contributed by atoms with E-state index in [4.69, 9.17) is 4.74 Å². The van der Waals surface area contributed by atoms with Crippen LogP contribution in [0.1, 0.15) is 22.3 Å². The van der Waals surface area contributed by atoms with Crippen LogP contribution in [-0.4, -0.2) is 18.2 Å². The number of carboxylic acids is 1. The minimum Gasteiger partial charge on any atom is -0.497 e. The first-order valence-electron chi connectivity index (χ1n) is 6.78. The maximum atomic E-state index is 14.0. The van der Waals surface area contributed by atoms with Crippen molar-refractivity contribution < 1.29 is 19.0 Å². The molecule has 0 aliphatic rings. The fourth-order valence-corrected chi connectivity index (χ4v) is 2.22. The molecule has 0 amide bonds. The van der Waals surface area contributed by atoms with E-state index >= 15 is 0 Å². The maximum Gasteiger partial charge on any atom is 0.336 e. The molecule has 2 aromatic rings. The third kappa shape index (κ3) is 3.34. The highest BCUT2D eigenvalue weighted by atomic mass is 19.1. The summed E-state index contributed by atoms with van der Waals surface area (Å²) < 4.78 is 19.1. The Hall–Kier alpha value is -2.62. The molecule has 3 nitrogen and oxygen atoms in total. The number of ether oxygens (including phenoxy) is 1. The number of carboxylic acid groups (broad SMARTS) is 1. The minimum atomic E-state index is -1.10. The first-order valence-corrected chi connectivity index (χ1v) is 6.78. The molecule has 0 saturated carbocycles. The topological polar surface area (TPSA) is 46.5 Å². The van der Waals surface area contributed by atoms with E-state index in [9.17, 15) is 14.3 Å². The Kier molecular flexibility index (Phi) is 4.61. The molecule has 0 fully saturated rings. The number of carbonyl (C=O) groups is 1. The van der Waals surface area contributed by atoms with Crippen molar-refractivity contribution in [2.45, 2.75) is 13.8 Å². The Labute approximate surface area is 128 Å². The van der Waals surface area contributed by atoms with E-state index in [1.54, 1.807) is 51.3 Å². The zero-order chi connectivity index (χ0) is 16.3. The number of rotatable bonds is 4. The van der Waals surface area contributed by atoms with Gasteiger partial charge in [-0.1, -0.05) is 18.2 Å². The summed E-state index contributed by atoms with van der Waals surface area (Å²) in [6.45, 7) is 3.57. The van der Waals surface area contributed by atoms with E-state index in [0.29, 0.717) is 11.3 Å². The first kappa shape index (κ1) is 15.8. The van der Waals surface area contributed by atoms with Gasteiger partial charge in [0, 0.05) is 5.56 Å². The second-order valence-electron chi connectivity index (χ2n) is 5.07. The van der Waals surface area contributed by atoms with Crippen molar-refractivity contribution in [3.05, 3.63) is 64.5 Å². The van der Waals surface area contributed by atoms with E-state index in [1.165, 1.54) is 12.1 Å². The van der Waals surface area contributed by atoms with Gasteiger partial charge in [0.1, 0.15) is 11.6 Å². The van der Waals surface area contributed by atoms with E-state index in [0.717, 1.165) is 11.1 Å². The Bertz CT molecular complexity index is 748. The molecule has 0 aliphatic heterocycles. The molecule has 1 N–H and O–H groups in total. The van der Waals surface area contributed by atoms with Crippen LogP contribution in [-0.2, 0) is 4.79 Å². The van der Waals surface area contributed by atoms with Gasteiger partial charge in [0.25, 0.3) is 0 Å². The van der Waals surface area contributed by atoms with E-state index < -0.39 is 11.8 Å². The summed E-state index contributed by atoms with van der Waals surface area (Å²) in [6.07, 6.45) is 1.35. The average Bonchev–Trinajstić information content (AvgIpc) is 2.46. The van der Waals surface area contributed by atoms with Crippen molar-refractivity contribution in [2.24, 2.45) is 0 Å². The molecule has 22 heavy (non-hydrogen) atoms. The molecular weight excluding hydrogens is 283 g/mol. The van der Waals surface area contributed by atoms with Crippen molar-refractivity contribution in [3.63, 3.8) is 0 Å². The summed E-state index contributed by atoms with van der Waals surface area (Å²) >= 11 is 0. The summed E-state index contributed by atoms with van der Waals surface area (Å²) in [7, 11) is 1.55. The van der Waals surface area contributed by atoms with Gasteiger partial charge in [-0.25, -0.2) is 9.18 Å². The van der Waals surface area contributed by atoms with E-state index in [-0.39, 0.29) is 11.1 Å². The Morgan fingerprint density at radius 3 is 2.45 bits per heavy atom. The van der Waals surface area contributed by atoms with Crippen molar-refractivity contribution in [3.8, 4) is 5.75 Å². The number of halogens is 1. The SMILES string of the molecule is COc1ccc(/C(=C/c2ccc(C)cc2F)C(=O)O)c(C)c1. The summed E-state index contributed by atoms with van der Waals surface area (Å²) in [4.78, 5) is 11.6. The number of aryl methyl sites for hydroxylation is 2. The number of hydrogen-bond donors (Lipinski definition) is 1. The van der Waals surface area contributed by atoms with Gasteiger partial charge in [-0.2, -0.15) is 0 Å². The lowest BCUT2D eigenvalue weighted by Gasteiger charge is -2.09. The zero-order valence-electron chi connectivity index (χ0n) is 12.7. The predicted molar refractivity (Wildman–Crippen MR) is 84.4 cm³/mol. The highest BCUT2D eigenvalue weighted by Gasteiger charge is 2.14. The molecular formula is C18H17FO3. The standard InChI is InChI=1S/C18H17FO3/c1-11-4-5-13(17(19)8-11)10-16(18(20)21)15-7-6-14(22-3)9-12(15)2/h4-10H,1-3H3,(H,20,21)/b16-10-. The summed E-state index contributed by atoms with van der Waals surface area (Å²) in [5.74, 6) is -0.898. The minimum absolute atomic E-state index is 0.0444. The number of methoxy groups -OCH3 is 1. The van der Waals surface area contributed by atoms with E-state index in [2.05, 4.69) is 0 Å². The Morgan fingerprint density at radius 2 is 1.91 bits per heavy atom. The molecule has 114 valence electrons. The van der Waals surface area contributed by atoms with Gasteiger partial charge in [0.15, 0.2) is 0 Å². The highest BCUT2D eigenvalue weighted by molar-refractivity contribution is 6.21. The lowest BCUT2D eigenvalue weighted by atomic mass is 9.97. The summed E-state index contributed by atoms with van der Waals surface area (Å²) in [5.41, 5.74) is 2.36. The van der Waals surface area contributed by atoms with Crippen LogP contribution in [0.4, 0.5) is 4.39 Å². The largest absolute Gasteiger partial charge is 0.497 e. The van der Waals surface area contributed by atoms with Crippen molar-refractivity contribution in [1.29, 1.82) is 0 Å². The third-order valence-corrected chi connectivity index (χ3v) is 3.41. The van der Waals surface area contributed by atoms with Crippen molar-refractivity contribution in [1.82, 2.24) is 0 Å². The quantitative estimate of drug-likeness (QED) is 0.683. The van der Waals surface area contributed by atoms with Gasteiger partial charge in [0.2, 0.25) is 0 Å². The first-order chi connectivity index (χ1) is 10.4. The van der Waals surface area contributed by atoms with Crippen LogP contribution >= 0.6 is 0 Å². The number of benzene rings is 2. The van der Waals surface area contributed by atoms with Crippen LogP contribution in [0.15, 0.2) is 36.4 Å². The van der Waals surface area contributed by atoms with Crippen LogP contribution < -0.4 is 4.74 Å². The summed E-state index contributed by atoms with van der Waals surface area (Å²) in [5, 5.41) is 9.46. The van der Waals surface area contributed by atoms with Gasteiger partial charge in [-0.05, 0) is 54.8 Å². The molecule has 0 aliphatic carbocycles. The van der Waals surface area contributed by atoms with Crippen LogP contribution in [0.3, 0.4) is 0 Å². The van der Waals surface area contributed by atoms with Crippen LogP contribution in [0.5, 0.6) is 5.75 Å². The van der Waals surface area contributed by atoms with Gasteiger partial charge in [0.05, 0.1) is 12.7 Å². The van der Waals surface area contributed by atoms with Gasteiger partial charge < -0.3 is 9.84 Å². The zero-order valence-corrected chi connectivity index (χ0v) is 12.7. The molecule has 0 unspecified atom stereocenters. The molecule has 4 heteroatoms. The molecule has 0 saturated heterocycles. The van der Waals surface area contributed by atoms with Crippen molar-refractivity contribution >= 4 is 17.6 Å². The maximum absolute atomic E-state index is 14.0. The molecule has 0 atom stereocenters. The Morgan fingerprint density at radius 1 is 1.18 bits per heavy atom. The normalized spacial score (nSPS) is 11.4. The average molecular weight is 300 g/mol. The van der Waals surface area contributed by atoms with E-state index in [1.807, 2.05) is 0 Å². The van der Waals surface area contributed by atoms with Gasteiger partial charge in [-0.15, -0.1) is 0 Å². The third-order valence-electron chi connectivity index (χ3n) is 3.41. The van der Waals surface area contributed by atoms with Crippen LogP contribution in [0.25, 0.3) is 11.6 Å². The van der Waals surface area contributed by atoms with Gasteiger partial charge >= 0.3 is 5.97 Å². The number of hydrogen-bond acceptors (Lipinski definition) is 2. The van der Waals surface area contributed by atoms with Crippen LogP contribution in [0.2, 0.25) is 0 Å². The number of aliphatic carboxylic acids is 1. The summed E-state index contributed by atoms with van der Waals surface area (Å²) in [6, 6.07) is 9.80. The molecule has 2 rings (SSSR count). The lowest BCUT2D eigenvalue weighted by molar-refractivity contribution is -0.130. The fraction of sp³-hybridized carbons (Fsp3) is 0.167. The molecule has 0 aromatic heterocycles. The molecule has 0 heterocycles. The second kappa shape index (κ2) is 6.43. The van der Waals surface area contributed by atoms with Gasteiger partial charge in [-0.3, -0.25) is 0 Å². The smallest absolute Gasteiger partial charge is 0.336 e. The van der Waals surface area contributed by atoms with Crippen LogP contribution in [0, 0.1) is 19.7 Å². The highest BCUT2D eigenvalue weighted by Crippen LogP contribution is 2.26.